The molecule has 0 unspecified atom stereocenters. The molecule has 2 aromatic heterocycles. The number of halogens is 2. The molecule has 1 N–H and O–H groups in total. The molecule has 29 heavy (non-hydrogen) atoms. The second-order valence-electron chi connectivity index (χ2n) is 7.06. The first-order chi connectivity index (χ1) is 13.7. The fourth-order valence-corrected chi connectivity index (χ4v) is 4.14. The highest BCUT2D eigenvalue weighted by Crippen LogP contribution is 2.28. The molecule has 154 valence electrons. The van der Waals surface area contributed by atoms with Crippen molar-refractivity contribution in [2.45, 2.75) is 31.7 Å². The van der Waals surface area contributed by atoms with Gasteiger partial charge in [0.2, 0.25) is 0 Å². The zero-order chi connectivity index (χ0) is 21.2. The largest absolute Gasteiger partial charge is 0.336 e. The van der Waals surface area contributed by atoms with Crippen molar-refractivity contribution >= 4 is 32.6 Å². The van der Waals surface area contributed by atoms with E-state index in [-0.39, 0.29) is 23.8 Å². The fraction of sp³-hybridized carbons (Fsp3) is 0.286. The van der Waals surface area contributed by atoms with E-state index >= 15 is 0 Å². The Morgan fingerprint density at radius 1 is 1.28 bits per heavy atom. The summed E-state index contributed by atoms with van der Waals surface area (Å²) in [6, 6.07) is 10.7. The molecule has 0 radical (unpaired) electrons. The molecule has 1 aromatic carbocycles. The molecule has 0 bridgehead atoms. The highest BCUT2D eigenvalue weighted by molar-refractivity contribution is 7.90. The van der Waals surface area contributed by atoms with Gasteiger partial charge in [-0.25, -0.2) is 17.6 Å². The van der Waals surface area contributed by atoms with Crippen molar-refractivity contribution in [1.29, 1.82) is 0 Å². The van der Waals surface area contributed by atoms with Crippen LogP contribution < -0.4 is 4.84 Å². The average molecular weight is 436 g/mol. The van der Waals surface area contributed by atoms with Crippen LogP contribution in [0.25, 0.3) is 11.0 Å². The molecule has 5 nitrogen and oxygen atoms in total. The van der Waals surface area contributed by atoms with Crippen molar-refractivity contribution in [3.63, 3.8) is 0 Å². The predicted octanol–water partition coefficient (Wildman–Crippen LogP) is 4.24. The Morgan fingerprint density at radius 2 is 2.03 bits per heavy atom. The molecular formula is C21H23ClFN3O2S. The van der Waals surface area contributed by atoms with E-state index in [1.807, 2.05) is 36.6 Å². The Bertz CT molecular complexity index is 1190. The zero-order valence-corrected chi connectivity index (χ0v) is 18.1. The number of rotatable bonds is 7. The molecule has 2 heterocycles. The Balaban J connectivity index is 2.08. The molecule has 0 spiro atoms. The first-order valence-electron chi connectivity index (χ1n) is 9.13. The third kappa shape index (κ3) is 4.86. The van der Waals surface area contributed by atoms with Gasteiger partial charge in [-0.05, 0) is 61.5 Å². The zero-order valence-electron chi connectivity index (χ0n) is 16.5. The van der Waals surface area contributed by atoms with Crippen LogP contribution in [-0.2, 0) is 22.8 Å². The minimum absolute atomic E-state index is 0.0784. The van der Waals surface area contributed by atoms with Gasteiger partial charge in [0.15, 0.2) is 9.84 Å². The van der Waals surface area contributed by atoms with E-state index in [0.29, 0.717) is 6.42 Å². The van der Waals surface area contributed by atoms with Crippen LogP contribution in [0.4, 0.5) is 4.39 Å². The summed E-state index contributed by atoms with van der Waals surface area (Å²) in [6.45, 7) is 4.15. The number of aryl methyl sites for hydroxylation is 1. The van der Waals surface area contributed by atoms with Gasteiger partial charge in [-0.15, -0.1) is 0 Å². The molecule has 0 aliphatic rings. The quantitative estimate of drug-likeness (QED) is 0.563. The molecular weight excluding hydrogens is 413 g/mol. The minimum Gasteiger partial charge on any atom is -0.336 e. The van der Waals surface area contributed by atoms with Gasteiger partial charge in [0.05, 0.1) is 22.5 Å². The monoisotopic (exact) mass is 435 g/mol. The molecule has 0 atom stereocenters. The van der Waals surface area contributed by atoms with Crippen LogP contribution in [0, 0.1) is 13.8 Å². The van der Waals surface area contributed by atoms with Gasteiger partial charge in [-0.3, -0.25) is 4.98 Å². The van der Waals surface area contributed by atoms with E-state index in [1.54, 1.807) is 18.2 Å². The summed E-state index contributed by atoms with van der Waals surface area (Å²) in [5, 5.41) is 0. The molecule has 0 aliphatic heterocycles. The van der Waals surface area contributed by atoms with Crippen LogP contribution >= 0.6 is 11.8 Å². The Kier molecular flexibility index (Phi) is 6.41. The maximum Gasteiger partial charge on any atom is 0.175 e. The van der Waals surface area contributed by atoms with Crippen molar-refractivity contribution in [3.8, 4) is 0 Å². The molecule has 0 fully saturated rings. The van der Waals surface area contributed by atoms with Crippen LogP contribution in [0.1, 0.15) is 22.5 Å². The summed E-state index contributed by atoms with van der Waals surface area (Å²) < 4.78 is 40.0. The number of hydrogen-bond acceptors (Lipinski definition) is 4. The van der Waals surface area contributed by atoms with Crippen molar-refractivity contribution in [2.24, 2.45) is 0 Å². The van der Waals surface area contributed by atoms with E-state index in [2.05, 4.69) is 9.82 Å². The average Bonchev–Trinajstić information content (AvgIpc) is 2.91. The normalized spacial score (nSPS) is 12.7. The molecule has 0 saturated heterocycles. The number of fused-ring (bicyclic) bond motifs is 1. The molecule has 3 rings (SSSR count). The third-order valence-corrected chi connectivity index (χ3v) is 6.11. The van der Waals surface area contributed by atoms with E-state index in [9.17, 15) is 12.8 Å². The summed E-state index contributed by atoms with van der Waals surface area (Å²) in [4.78, 5) is 7.34. The number of aromatic nitrogens is 2. The van der Waals surface area contributed by atoms with Crippen LogP contribution in [-0.4, -0.2) is 30.8 Å². The molecule has 0 aliphatic carbocycles. The van der Waals surface area contributed by atoms with E-state index in [1.165, 1.54) is 12.3 Å². The first-order valence-corrected chi connectivity index (χ1v) is 11.4. The van der Waals surface area contributed by atoms with Gasteiger partial charge in [0.25, 0.3) is 0 Å². The standard InChI is InChI=1S/C21H23ClFN3O2S/c1-14-7-8-20-21(25-14)19(15(2)26(20)13-17(23)9-10-24-22)12-16-5-4-6-18(11-16)29(3,27)28/h4-9,11,24H,10,12-13H2,1-3H3/b17-9-. The van der Waals surface area contributed by atoms with Gasteiger partial charge < -0.3 is 4.57 Å². The van der Waals surface area contributed by atoms with E-state index in [4.69, 9.17) is 11.8 Å². The van der Waals surface area contributed by atoms with Gasteiger partial charge in [0.1, 0.15) is 5.83 Å². The van der Waals surface area contributed by atoms with Crippen LogP contribution in [0.5, 0.6) is 0 Å². The Labute approximate surface area is 175 Å². The molecule has 3 aromatic rings. The fourth-order valence-electron chi connectivity index (χ4n) is 3.37. The van der Waals surface area contributed by atoms with Crippen molar-refractivity contribution in [1.82, 2.24) is 14.4 Å². The Morgan fingerprint density at radius 3 is 2.72 bits per heavy atom. The summed E-state index contributed by atoms with van der Waals surface area (Å²) in [5.74, 6) is -0.302. The van der Waals surface area contributed by atoms with Crippen molar-refractivity contribution in [2.75, 3.05) is 12.8 Å². The van der Waals surface area contributed by atoms with Crippen molar-refractivity contribution < 1.29 is 12.8 Å². The first kappa shape index (κ1) is 21.5. The maximum absolute atomic E-state index is 14.3. The van der Waals surface area contributed by atoms with E-state index < -0.39 is 9.84 Å². The minimum atomic E-state index is -3.29. The topological polar surface area (TPSA) is 64.0 Å². The SMILES string of the molecule is Cc1ccc2c(n1)c(Cc1cccc(S(C)(=O)=O)c1)c(C)n2C/C(F)=C/CNCl. The number of benzene rings is 1. The lowest BCUT2D eigenvalue weighted by Crippen LogP contribution is -2.04. The van der Waals surface area contributed by atoms with Crippen LogP contribution in [0.15, 0.2) is 53.2 Å². The second-order valence-corrected chi connectivity index (χ2v) is 9.34. The number of sulfone groups is 1. The highest BCUT2D eigenvalue weighted by Gasteiger charge is 2.17. The Hall–Kier alpha value is -2.22. The maximum atomic E-state index is 14.3. The summed E-state index contributed by atoms with van der Waals surface area (Å²) in [7, 11) is -3.29. The lowest BCUT2D eigenvalue weighted by Gasteiger charge is -2.08. The van der Waals surface area contributed by atoms with Gasteiger partial charge in [0, 0.05) is 36.2 Å². The lowest BCUT2D eigenvalue weighted by atomic mass is 10.0. The number of nitrogens with one attached hydrogen (secondary N) is 1. The van der Waals surface area contributed by atoms with Gasteiger partial charge >= 0.3 is 0 Å². The van der Waals surface area contributed by atoms with Crippen LogP contribution in [0.3, 0.4) is 0 Å². The summed E-state index contributed by atoms with van der Waals surface area (Å²) >= 11 is 5.41. The second kappa shape index (κ2) is 8.65. The number of allylic oxidation sites excluding steroid dienone is 1. The third-order valence-electron chi connectivity index (χ3n) is 4.85. The smallest absolute Gasteiger partial charge is 0.175 e. The predicted molar refractivity (Wildman–Crippen MR) is 115 cm³/mol. The molecule has 0 saturated carbocycles. The summed E-state index contributed by atoms with van der Waals surface area (Å²) in [6.07, 6.45) is 3.10. The number of pyridine rings is 1. The van der Waals surface area contributed by atoms with Crippen LogP contribution in [0.2, 0.25) is 0 Å². The van der Waals surface area contributed by atoms with E-state index in [0.717, 1.165) is 33.5 Å². The van der Waals surface area contributed by atoms with Crippen molar-refractivity contribution in [3.05, 3.63) is 70.8 Å². The highest BCUT2D eigenvalue weighted by atomic mass is 35.5. The van der Waals surface area contributed by atoms with Gasteiger partial charge in [-0.1, -0.05) is 12.1 Å². The molecule has 8 heteroatoms. The number of nitrogens with zero attached hydrogens (tertiary/aromatic N) is 2. The summed E-state index contributed by atoms with van der Waals surface area (Å²) in [5.41, 5.74) is 5.21. The molecule has 0 amide bonds. The lowest BCUT2D eigenvalue weighted by molar-refractivity contribution is 0.554. The number of hydrogen-bond donors (Lipinski definition) is 1. The van der Waals surface area contributed by atoms with Gasteiger partial charge in [-0.2, -0.15) is 0 Å².